The summed E-state index contributed by atoms with van der Waals surface area (Å²) in [6.07, 6.45) is 4.65. The Kier molecular flexibility index (Phi) is 4.44. The highest BCUT2D eigenvalue weighted by Gasteiger charge is 2.58. The summed E-state index contributed by atoms with van der Waals surface area (Å²) in [5.41, 5.74) is -1.11. The number of carbonyl (C=O) groups excluding carboxylic acids is 2. The number of aromatic nitrogens is 2. The summed E-state index contributed by atoms with van der Waals surface area (Å²) >= 11 is 2.78. The average Bonchev–Trinajstić information content (AvgIpc) is 3.23. The first-order chi connectivity index (χ1) is 11.3. The molecule has 6 nitrogen and oxygen atoms in total. The molecule has 2 aromatic heterocycles. The lowest BCUT2D eigenvalue weighted by atomic mass is 9.65. The minimum atomic E-state index is -0.635. The molecule has 3 rings (SSSR count). The van der Waals surface area contributed by atoms with Crippen molar-refractivity contribution >= 4 is 44.8 Å². The van der Waals surface area contributed by atoms with E-state index in [2.05, 4.69) is 20.6 Å². The predicted molar refractivity (Wildman–Crippen MR) is 96.1 cm³/mol. The molecule has 1 aliphatic carbocycles. The SMILES string of the molecule is CC1(C)[C@H](C(=O)Nc2nccs2)CC[C@@]1(C)C(=O)Nc1nccs1. The molecule has 2 aromatic rings. The fourth-order valence-electron chi connectivity index (χ4n) is 3.36. The maximum atomic E-state index is 12.8. The first-order valence-corrected chi connectivity index (χ1v) is 9.52. The van der Waals surface area contributed by atoms with Crippen LogP contribution in [0, 0.1) is 16.7 Å². The number of amides is 2. The van der Waals surface area contributed by atoms with E-state index in [-0.39, 0.29) is 17.7 Å². The molecule has 0 saturated heterocycles. The van der Waals surface area contributed by atoms with E-state index in [4.69, 9.17) is 0 Å². The van der Waals surface area contributed by atoms with E-state index in [9.17, 15) is 9.59 Å². The van der Waals surface area contributed by atoms with E-state index in [0.29, 0.717) is 23.1 Å². The Labute approximate surface area is 148 Å². The van der Waals surface area contributed by atoms with Gasteiger partial charge in [0.15, 0.2) is 10.3 Å². The van der Waals surface area contributed by atoms with Gasteiger partial charge in [0.25, 0.3) is 0 Å². The Balaban J connectivity index is 1.76. The molecule has 0 radical (unpaired) electrons. The second-order valence-corrected chi connectivity index (χ2v) is 8.55. The first kappa shape index (κ1) is 17.0. The molecule has 2 N–H and O–H groups in total. The van der Waals surface area contributed by atoms with Crippen molar-refractivity contribution in [2.45, 2.75) is 33.6 Å². The van der Waals surface area contributed by atoms with Gasteiger partial charge >= 0.3 is 0 Å². The van der Waals surface area contributed by atoms with Crippen molar-refractivity contribution in [2.24, 2.45) is 16.7 Å². The molecule has 0 aromatic carbocycles. The van der Waals surface area contributed by atoms with Crippen LogP contribution in [0.4, 0.5) is 10.3 Å². The molecular formula is C16H20N4O2S2. The molecule has 2 amide bonds. The largest absolute Gasteiger partial charge is 0.302 e. The van der Waals surface area contributed by atoms with E-state index in [1.54, 1.807) is 12.4 Å². The number of thiazole rings is 2. The van der Waals surface area contributed by atoms with Gasteiger partial charge in [0.2, 0.25) is 11.8 Å². The van der Waals surface area contributed by atoms with Gasteiger partial charge in [-0.2, -0.15) is 0 Å². The van der Waals surface area contributed by atoms with Gasteiger partial charge in [-0.15, -0.1) is 22.7 Å². The minimum Gasteiger partial charge on any atom is -0.302 e. The highest BCUT2D eigenvalue weighted by molar-refractivity contribution is 7.14. The van der Waals surface area contributed by atoms with Crippen LogP contribution in [0.1, 0.15) is 33.6 Å². The number of rotatable bonds is 4. The molecule has 2 heterocycles. The van der Waals surface area contributed by atoms with Gasteiger partial charge < -0.3 is 10.6 Å². The van der Waals surface area contributed by atoms with E-state index in [1.807, 2.05) is 31.5 Å². The fourth-order valence-corrected chi connectivity index (χ4v) is 4.42. The first-order valence-electron chi connectivity index (χ1n) is 7.76. The number of hydrogen-bond acceptors (Lipinski definition) is 6. The van der Waals surface area contributed by atoms with Crippen molar-refractivity contribution in [3.63, 3.8) is 0 Å². The van der Waals surface area contributed by atoms with Crippen LogP contribution in [0.3, 0.4) is 0 Å². The highest BCUT2D eigenvalue weighted by Crippen LogP contribution is 2.56. The van der Waals surface area contributed by atoms with Crippen LogP contribution < -0.4 is 10.6 Å². The Morgan fingerprint density at radius 2 is 1.67 bits per heavy atom. The third-order valence-electron chi connectivity index (χ3n) is 5.36. The molecule has 2 atom stereocenters. The molecule has 1 aliphatic rings. The number of nitrogens with zero attached hydrogens (tertiary/aromatic N) is 2. The van der Waals surface area contributed by atoms with Crippen molar-refractivity contribution in [1.29, 1.82) is 0 Å². The van der Waals surface area contributed by atoms with Crippen LogP contribution in [0.15, 0.2) is 23.2 Å². The molecule has 1 saturated carbocycles. The van der Waals surface area contributed by atoms with E-state index in [1.165, 1.54) is 22.7 Å². The van der Waals surface area contributed by atoms with Crippen LogP contribution in [-0.2, 0) is 9.59 Å². The van der Waals surface area contributed by atoms with Crippen molar-refractivity contribution in [3.8, 4) is 0 Å². The zero-order valence-electron chi connectivity index (χ0n) is 13.8. The van der Waals surface area contributed by atoms with Gasteiger partial charge in [-0.25, -0.2) is 9.97 Å². The Morgan fingerprint density at radius 3 is 2.21 bits per heavy atom. The summed E-state index contributed by atoms with van der Waals surface area (Å²) < 4.78 is 0. The van der Waals surface area contributed by atoms with E-state index >= 15 is 0 Å². The third kappa shape index (κ3) is 2.84. The average molecular weight is 364 g/mol. The monoisotopic (exact) mass is 364 g/mol. The smallest absolute Gasteiger partial charge is 0.232 e. The maximum absolute atomic E-state index is 12.8. The quantitative estimate of drug-likeness (QED) is 0.868. The van der Waals surface area contributed by atoms with Gasteiger partial charge in [-0.05, 0) is 18.3 Å². The van der Waals surface area contributed by atoms with Crippen molar-refractivity contribution in [1.82, 2.24) is 9.97 Å². The molecule has 0 unspecified atom stereocenters. The predicted octanol–water partition coefficient (Wildman–Crippen LogP) is 3.62. The summed E-state index contributed by atoms with van der Waals surface area (Å²) in [6.45, 7) is 5.92. The van der Waals surface area contributed by atoms with Gasteiger partial charge in [0.1, 0.15) is 0 Å². The minimum absolute atomic E-state index is 0.0688. The summed E-state index contributed by atoms with van der Waals surface area (Å²) in [7, 11) is 0. The molecule has 1 fully saturated rings. The topological polar surface area (TPSA) is 84.0 Å². The molecule has 8 heteroatoms. The molecule has 0 bridgehead atoms. The van der Waals surface area contributed by atoms with E-state index < -0.39 is 10.8 Å². The second kappa shape index (κ2) is 6.25. The Bertz CT molecular complexity index is 727. The van der Waals surface area contributed by atoms with Crippen molar-refractivity contribution < 1.29 is 9.59 Å². The summed E-state index contributed by atoms with van der Waals surface area (Å²) in [5.74, 6) is -0.388. The van der Waals surface area contributed by atoms with Crippen LogP contribution in [0.2, 0.25) is 0 Å². The second-order valence-electron chi connectivity index (χ2n) is 6.76. The zero-order valence-corrected chi connectivity index (χ0v) is 15.5. The highest BCUT2D eigenvalue weighted by atomic mass is 32.1. The molecule has 128 valence electrons. The van der Waals surface area contributed by atoms with Gasteiger partial charge in [0, 0.05) is 29.1 Å². The molecule has 24 heavy (non-hydrogen) atoms. The number of carbonyl (C=O) groups is 2. The zero-order chi connectivity index (χ0) is 17.4. The number of anilines is 2. The normalized spacial score (nSPS) is 25.4. The number of nitrogens with one attached hydrogen (secondary N) is 2. The third-order valence-corrected chi connectivity index (χ3v) is 6.74. The van der Waals surface area contributed by atoms with Crippen LogP contribution in [0.25, 0.3) is 0 Å². The van der Waals surface area contributed by atoms with Crippen molar-refractivity contribution in [3.05, 3.63) is 23.2 Å². The summed E-state index contributed by atoms with van der Waals surface area (Å²) in [6, 6.07) is 0. The lowest BCUT2D eigenvalue weighted by Crippen LogP contribution is -2.46. The summed E-state index contributed by atoms with van der Waals surface area (Å²) in [5, 5.41) is 10.6. The molecule has 0 aliphatic heterocycles. The van der Waals surface area contributed by atoms with Gasteiger partial charge in [-0.1, -0.05) is 20.8 Å². The summed E-state index contributed by atoms with van der Waals surface area (Å²) in [4.78, 5) is 33.7. The number of hydrogen-bond donors (Lipinski definition) is 2. The maximum Gasteiger partial charge on any atom is 0.232 e. The standard InChI is InChI=1S/C16H20N4O2S2/c1-15(2)10(11(21)19-13-17-6-8-23-13)4-5-16(15,3)12(22)20-14-18-7-9-24-14/h6-10H,4-5H2,1-3H3,(H,17,19,21)(H,18,20,22)/t10-,16-/m0/s1. The van der Waals surface area contributed by atoms with Crippen LogP contribution >= 0.6 is 22.7 Å². The van der Waals surface area contributed by atoms with E-state index in [0.717, 1.165) is 0 Å². The Morgan fingerprint density at radius 1 is 1.08 bits per heavy atom. The Hall–Kier alpha value is -1.80. The fraction of sp³-hybridized carbons (Fsp3) is 0.500. The lowest BCUT2D eigenvalue weighted by molar-refractivity contribution is -0.133. The molecule has 0 spiro atoms. The van der Waals surface area contributed by atoms with Gasteiger partial charge in [0.05, 0.1) is 5.41 Å². The van der Waals surface area contributed by atoms with Crippen molar-refractivity contribution in [2.75, 3.05) is 10.6 Å². The lowest BCUT2D eigenvalue weighted by Gasteiger charge is -2.39. The van der Waals surface area contributed by atoms with Crippen LogP contribution in [-0.4, -0.2) is 21.8 Å². The molecular weight excluding hydrogens is 344 g/mol. The van der Waals surface area contributed by atoms with Gasteiger partial charge in [-0.3, -0.25) is 9.59 Å². The van der Waals surface area contributed by atoms with Crippen LogP contribution in [0.5, 0.6) is 0 Å².